The number of halogens is 1. The Balaban J connectivity index is 1.75. The fourth-order valence-corrected chi connectivity index (χ4v) is 2.98. The van der Waals surface area contributed by atoms with Crippen LogP contribution in [0.5, 0.6) is 0 Å². The molecular formula is C20H22ClN5O. The van der Waals surface area contributed by atoms with Gasteiger partial charge in [-0.1, -0.05) is 30.7 Å². The minimum Gasteiger partial charge on any atom is -0.363 e. The Morgan fingerprint density at radius 1 is 1.22 bits per heavy atom. The van der Waals surface area contributed by atoms with Gasteiger partial charge in [0.2, 0.25) is 0 Å². The Morgan fingerprint density at radius 2 is 2.04 bits per heavy atom. The summed E-state index contributed by atoms with van der Waals surface area (Å²) >= 11 is 6.08. The van der Waals surface area contributed by atoms with Gasteiger partial charge in [-0.3, -0.25) is 4.79 Å². The lowest BCUT2D eigenvalue weighted by molar-refractivity contribution is 0.0950. The molecule has 3 rings (SSSR count). The molecule has 6 nitrogen and oxygen atoms in total. The molecule has 27 heavy (non-hydrogen) atoms. The van der Waals surface area contributed by atoms with Crippen LogP contribution in [-0.2, 0) is 13.0 Å². The number of carbonyl (C=O) groups is 1. The summed E-state index contributed by atoms with van der Waals surface area (Å²) in [4.78, 5) is 19.0. The highest BCUT2D eigenvalue weighted by Crippen LogP contribution is 2.19. The molecule has 2 heterocycles. The third-order valence-electron chi connectivity index (χ3n) is 4.22. The van der Waals surface area contributed by atoms with Crippen molar-refractivity contribution in [1.82, 2.24) is 20.1 Å². The molecule has 0 aliphatic rings. The largest absolute Gasteiger partial charge is 0.363 e. The summed E-state index contributed by atoms with van der Waals surface area (Å²) in [6, 6.07) is 11.3. The quantitative estimate of drug-likeness (QED) is 0.707. The number of pyridine rings is 1. The monoisotopic (exact) mass is 383 g/mol. The molecule has 1 amide bonds. The van der Waals surface area contributed by atoms with Gasteiger partial charge < -0.3 is 10.2 Å². The number of anilines is 1. The summed E-state index contributed by atoms with van der Waals surface area (Å²) in [5.41, 5.74) is 3.18. The average Bonchev–Trinajstić information content (AvgIpc) is 3.10. The Hall–Kier alpha value is -2.86. The number of aromatic nitrogens is 3. The van der Waals surface area contributed by atoms with Crippen LogP contribution in [0, 0.1) is 0 Å². The first kappa shape index (κ1) is 18.9. The van der Waals surface area contributed by atoms with E-state index in [2.05, 4.69) is 15.4 Å². The van der Waals surface area contributed by atoms with Crippen molar-refractivity contribution in [3.63, 3.8) is 0 Å². The molecule has 3 aromatic rings. The van der Waals surface area contributed by atoms with Gasteiger partial charge in [-0.15, -0.1) is 0 Å². The van der Waals surface area contributed by atoms with Gasteiger partial charge in [-0.05, 0) is 36.2 Å². The van der Waals surface area contributed by atoms with Crippen molar-refractivity contribution >= 4 is 23.3 Å². The maximum absolute atomic E-state index is 12.7. The second-order valence-electron chi connectivity index (χ2n) is 6.35. The molecule has 0 atom stereocenters. The number of rotatable bonds is 6. The van der Waals surface area contributed by atoms with Gasteiger partial charge in [-0.2, -0.15) is 5.10 Å². The molecule has 0 aliphatic carbocycles. The number of hydrogen-bond acceptors (Lipinski definition) is 4. The lowest BCUT2D eigenvalue weighted by atomic mass is 10.2. The number of hydrogen-bond donors (Lipinski definition) is 1. The SMILES string of the molecule is CCc1c(C(=O)NCc2ccc(N(C)C)nc2)cnn1-c1cccc(Cl)c1. The fourth-order valence-electron chi connectivity index (χ4n) is 2.80. The second kappa shape index (κ2) is 8.22. The molecule has 0 fully saturated rings. The van der Waals surface area contributed by atoms with Crippen molar-refractivity contribution in [2.24, 2.45) is 0 Å². The van der Waals surface area contributed by atoms with Gasteiger partial charge in [0.1, 0.15) is 5.82 Å². The predicted molar refractivity (Wildman–Crippen MR) is 108 cm³/mol. The van der Waals surface area contributed by atoms with E-state index in [1.54, 1.807) is 17.1 Å². The van der Waals surface area contributed by atoms with E-state index < -0.39 is 0 Å². The van der Waals surface area contributed by atoms with Crippen molar-refractivity contribution in [2.45, 2.75) is 19.9 Å². The van der Waals surface area contributed by atoms with Gasteiger partial charge in [0.25, 0.3) is 5.91 Å². The first-order valence-electron chi connectivity index (χ1n) is 8.73. The first-order chi connectivity index (χ1) is 13.0. The maximum Gasteiger partial charge on any atom is 0.255 e. The van der Waals surface area contributed by atoms with Crippen molar-refractivity contribution in [3.8, 4) is 5.69 Å². The van der Waals surface area contributed by atoms with Crippen LogP contribution in [0.2, 0.25) is 5.02 Å². The molecule has 140 valence electrons. The number of nitrogens with zero attached hydrogens (tertiary/aromatic N) is 4. The van der Waals surface area contributed by atoms with Crippen molar-refractivity contribution in [1.29, 1.82) is 0 Å². The zero-order valence-corrected chi connectivity index (χ0v) is 16.4. The minimum atomic E-state index is -0.156. The van der Waals surface area contributed by atoms with E-state index in [9.17, 15) is 4.79 Å². The molecule has 2 aromatic heterocycles. The Labute approximate surface area is 163 Å². The average molecular weight is 384 g/mol. The van der Waals surface area contributed by atoms with Crippen LogP contribution in [0.1, 0.15) is 28.5 Å². The zero-order valence-electron chi connectivity index (χ0n) is 15.6. The van der Waals surface area contributed by atoms with Crippen molar-refractivity contribution in [2.75, 3.05) is 19.0 Å². The Kier molecular flexibility index (Phi) is 5.76. The minimum absolute atomic E-state index is 0.156. The van der Waals surface area contributed by atoms with Crippen LogP contribution in [-0.4, -0.2) is 34.8 Å². The number of amides is 1. The highest BCUT2D eigenvalue weighted by Gasteiger charge is 2.17. The predicted octanol–water partition coefficient (Wildman–Crippen LogP) is 3.48. The zero-order chi connectivity index (χ0) is 19.4. The maximum atomic E-state index is 12.7. The van der Waals surface area contributed by atoms with E-state index >= 15 is 0 Å². The summed E-state index contributed by atoms with van der Waals surface area (Å²) in [6.07, 6.45) is 4.04. The van der Waals surface area contributed by atoms with Crippen molar-refractivity contribution < 1.29 is 4.79 Å². The van der Waals surface area contributed by atoms with Gasteiger partial charge in [0.05, 0.1) is 23.1 Å². The third kappa shape index (κ3) is 4.28. The standard InChI is InChI=1S/C20H22ClN5O/c1-4-18-17(13-24-26(18)16-7-5-6-15(21)10-16)20(27)23-12-14-8-9-19(22-11-14)25(2)3/h5-11,13H,4,12H2,1-3H3,(H,23,27). The van der Waals surface area contributed by atoms with Gasteiger partial charge in [0.15, 0.2) is 0 Å². The molecular weight excluding hydrogens is 362 g/mol. The first-order valence-corrected chi connectivity index (χ1v) is 9.10. The summed E-state index contributed by atoms with van der Waals surface area (Å²) in [5, 5.41) is 7.96. The van der Waals surface area contributed by atoms with E-state index in [-0.39, 0.29) is 5.91 Å². The van der Waals surface area contributed by atoms with E-state index in [1.165, 1.54) is 0 Å². The molecule has 0 radical (unpaired) electrons. The third-order valence-corrected chi connectivity index (χ3v) is 4.46. The number of benzene rings is 1. The molecule has 0 unspecified atom stereocenters. The molecule has 0 bridgehead atoms. The lowest BCUT2D eigenvalue weighted by Crippen LogP contribution is -2.24. The fraction of sp³-hybridized carbons (Fsp3) is 0.250. The number of nitrogens with one attached hydrogen (secondary N) is 1. The Bertz CT molecular complexity index is 934. The highest BCUT2D eigenvalue weighted by atomic mass is 35.5. The summed E-state index contributed by atoms with van der Waals surface area (Å²) in [7, 11) is 3.88. The molecule has 7 heteroatoms. The number of carbonyl (C=O) groups excluding carboxylic acids is 1. The van der Waals surface area contributed by atoms with Crippen LogP contribution in [0.4, 0.5) is 5.82 Å². The molecule has 1 aromatic carbocycles. The molecule has 0 saturated heterocycles. The molecule has 0 spiro atoms. The molecule has 0 aliphatic heterocycles. The van der Waals surface area contributed by atoms with E-state index in [0.29, 0.717) is 23.6 Å². The lowest BCUT2D eigenvalue weighted by Gasteiger charge is -2.12. The Morgan fingerprint density at radius 3 is 2.67 bits per heavy atom. The van der Waals surface area contributed by atoms with E-state index in [0.717, 1.165) is 22.8 Å². The van der Waals surface area contributed by atoms with Crippen LogP contribution in [0.15, 0.2) is 48.8 Å². The summed E-state index contributed by atoms with van der Waals surface area (Å²) in [5.74, 6) is 0.720. The van der Waals surface area contributed by atoms with Crippen LogP contribution >= 0.6 is 11.6 Å². The normalized spacial score (nSPS) is 10.7. The topological polar surface area (TPSA) is 63.1 Å². The molecule has 1 N–H and O–H groups in total. The van der Waals surface area contributed by atoms with Crippen LogP contribution in [0.3, 0.4) is 0 Å². The van der Waals surface area contributed by atoms with Gasteiger partial charge in [0, 0.05) is 31.9 Å². The van der Waals surface area contributed by atoms with E-state index in [1.807, 2.05) is 62.3 Å². The smallest absolute Gasteiger partial charge is 0.255 e. The van der Waals surface area contributed by atoms with Crippen LogP contribution in [0.25, 0.3) is 5.69 Å². The van der Waals surface area contributed by atoms with Crippen LogP contribution < -0.4 is 10.2 Å². The van der Waals surface area contributed by atoms with Gasteiger partial charge >= 0.3 is 0 Å². The summed E-state index contributed by atoms with van der Waals surface area (Å²) in [6.45, 7) is 2.41. The molecule has 0 saturated carbocycles. The van der Waals surface area contributed by atoms with E-state index in [4.69, 9.17) is 11.6 Å². The van der Waals surface area contributed by atoms with Gasteiger partial charge in [-0.25, -0.2) is 9.67 Å². The summed E-state index contributed by atoms with van der Waals surface area (Å²) < 4.78 is 1.76. The highest BCUT2D eigenvalue weighted by molar-refractivity contribution is 6.30. The second-order valence-corrected chi connectivity index (χ2v) is 6.79. The van der Waals surface area contributed by atoms with Crippen molar-refractivity contribution in [3.05, 3.63) is 70.6 Å².